The molecule has 1 N–H and O–H groups in total. The summed E-state index contributed by atoms with van der Waals surface area (Å²) in [4.78, 5) is 12.0. The van der Waals surface area contributed by atoms with Crippen molar-refractivity contribution in [2.75, 3.05) is 5.32 Å². The normalized spacial score (nSPS) is 11.5. The molecule has 2 aromatic heterocycles. The van der Waals surface area contributed by atoms with Crippen LogP contribution in [0.2, 0.25) is 0 Å². The molecule has 0 atom stereocenters. The SMILES string of the molecule is Cc1cc(C(=O)Nc2ccn(-c3cccc(C(F)(F)F)c3)n2)co1. The van der Waals surface area contributed by atoms with E-state index in [-0.39, 0.29) is 11.5 Å². The maximum atomic E-state index is 12.8. The molecule has 0 radical (unpaired) electrons. The summed E-state index contributed by atoms with van der Waals surface area (Å²) >= 11 is 0. The average molecular weight is 335 g/mol. The number of nitrogens with zero attached hydrogens (tertiary/aromatic N) is 2. The van der Waals surface area contributed by atoms with Gasteiger partial charge in [0.05, 0.1) is 16.8 Å². The Balaban J connectivity index is 1.80. The lowest BCUT2D eigenvalue weighted by molar-refractivity contribution is -0.137. The van der Waals surface area contributed by atoms with Gasteiger partial charge in [0.15, 0.2) is 5.82 Å². The van der Waals surface area contributed by atoms with Gasteiger partial charge in [0.25, 0.3) is 5.91 Å². The minimum absolute atomic E-state index is 0.219. The number of hydrogen-bond donors (Lipinski definition) is 1. The van der Waals surface area contributed by atoms with Crippen molar-refractivity contribution in [1.29, 1.82) is 0 Å². The predicted molar refractivity (Wildman–Crippen MR) is 80.0 cm³/mol. The van der Waals surface area contributed by atoms with Gasteiger partial charge in [0.2, 0.25) is 0 Å². The molecule has 3 aromatic rings. The van der Waals surface area contributed by atoms with Crippen molar-refractivity contribution in [3.05, 3.63) is 65.7 Å². The summed E-state index contributed by atoms with van der Waals surface area (Å²) in [5, 5.41) is 6.62. The number of carbonyl (C=O) groups excluding carboxylic acids is 1. The number of hydrogen-bond acceptors (Lipinski definition) is 3. The molecular formula is C16H12F3N3O2. The second-order valence-electron chi connectivity index (χ2n) is 5.09. The molecule has 0 bridgehead atoms. The third-order valence-corrected chi connectivity index (χ3v) is 3.26. The largest absolute Gasteiger partial charge is 0.469 e. The Bertz CT molecular complexity index is 881. The van der Waals surface area contributed by atoms with Gasteiger partial charge in [0, 0.05) is 12.3 Å². The number of benzene rings is 1. The van der Waals surface area contributed by atoms with Gasteiger partial charge in [-0.15, -0.1) is 0 Å². The Hall–Kier alpha value is -3.03. The summed E-state index contributed by atoms with van der Waals surface area (Å²) in [5.41, 5.74) is -0.194. The van der Waals surface area contributed by atoms with Crippen LogP contribution in [0.15, 0.2) is 53.3 Å². The van der Waals surface area contributed by atoms with E-state index < -0.39 is 17.6 Å². The number of aryl methyl sites for hydroxylation is 1. The molecule has 24 heavy (non-hydrogen) atoms. The van der Waals surface area contributed by atoms with Crippen LogP contribution in [0.4, 0.5) is 19.0 Å². The topological polar surface area (TPSA) is 60.1 Å². The van der Waals surface area contributed by atoms with Crippen LogP contribution in [-0.2, 0) is 6.18 Å². The molecule has 3 rings (SSSR count). The maximum absolute atomic E-state index is 12.8. The average Bonchev–Trinajstić information content (AvgIpc) is 3.16. The van der Waals surface area contributed by atoms with E-state index in [0.29, 0.717) is 11.3 Å². The lowest BCUT2D eigenvalue weighted by Crippen LogP contribution is -2.11. The van der Waals surface area contributed by atoms with Crippen LogP contribution < -0.4 is 5.32 Å². The van der Waals surface area contributed by atoms with Crippen molar-refractivity contribution >= 4 is 11.7 Å². The van der Waals surface area contributed by atoms with Crippen LogP contribution in [0.5, 0.6) is 0 Å². The summed E-state index contributed by atoms with van der Waals surface area (Å²) in [7, 11) is 0. The van der Waals surface area contributed by atoms with E-state index >= 15 is 0 Å². The van der Waals surface area contributed by atoms with Gasteiger partial charge in [0.1, 0.15) is 12.0 Å². The van der Waals surface area contributed by atoms with Crippen molar-refractivity contribution in [3.63, 3.8) is 0 Å². The zero-order chi connectivity index (χ0) is 17.3. The number of furan rings is 1. The van der Waals surface area contributed by atoms with Crippen molar-refractivity contribution in [2.45, 2.75) is 13.1 Å². The van der Waals surface area contributed by atoms with Crippen LogP contribution in [0, 0.1) is 6.92 Å². The summed E-state index contributed by atoms with van der Waals surface area (Å²) in [5.74, 6) is 0.395. The number of carbonyl (C=O) groups is 1. The molecule has 0 saturated carbocycles. The first kappa shape index (κ1) is 15.9. The summed E-state index contributed by atoms with van der Waals surface area (Å²) < 4.78 is 44.6. The van der Waals surface area contributed by atoms with Gasteiger partial charge in [-0.2, -0.15) is 18.3 Å². The highest BCUT2D eigenvalue weighted by Gasteiger charge is 2.30. The molecule has 0 spiro atoms. The molecule has 0 saturated heterocycles. The molecule has 0 aliphatic heterocycles. The highest BCUT2D eigenvalue weighted by atomic mass is 19.4. The van der Waals surface area contributed by atoms with Crippen molar-refractivity contribution < 1.29 is 22.4 Å². The van der Waals surface area contributed by atoms with Gasteiger partial charge in [-0.1, -0.05) is 6.07 Å². The van der Waals surface area contributed by atoms with Crippen molar-refractivity contribution in [1.82, 2.24) is 9.78 Å². The zero-order valence-electron chi connectivity index (χ0n) is 12.5. The van der Waals surface area contributed by atoms with E-state index in [2.05, 4.69) is 10.4 Å². The van der Waals surface area contributed by atoms with E-state index in [9.17, 15) is 18.0 Å². The fourth-order valence-corrected chi connectivity index (χ4v) is 2.11. The summed E-state index contributed by atoms with van der Waals surface area (Å²) in [6, 6.07) is 7.82. The first-order valence-corrected chi connectivity index (χ1v) is 6.93. The molecule has 2 heterocycles. The number of rotatable bonds is 3. The van der Waals surface area contributed by atoms with Crippen molar-refractivity contribution in [3.8, 4) is 5.69 Å². The standard InChI is InChI=1S/C16H12F3N3O2/c1-10-7-11(9-24-10)15(23)20-14-5-6-22(21-14)13-4-2-3-12(8-13)16(17,18)19/h2-9H,1H3,(H,20,21,23). The van der Waals surface area contributed by atoms with Crippen LogP contribution in [0.25, 0.3) is 5.69 Å². The minimum Gasteiger partial charge on any atom is -0.469 e. The van der Waals surface area contributed by atoms with Gasteiger partial charge < -0.3 is 9.73 Å². The van der Waals surface area contributed by atoms with E-state index in [1.807, 2.05) is 0 Å². The third-order valence-electron chi connectivity index (χ3n) is 3.26. The smallest absolute Gasteiger partial charge is 0.416 e. The van der Waals surface area contributed by atoms with Crippen LogP contribution in [-0.4, -0.2) is 15.7 Å². The lowest BCUT2D eigenvalue weighted by atomic mass is 10.2. The molecule has 5 nitrogen and oxygen atoms in total. The minimum atomic E-state index is -4.43. The van der Waals surface area contributed by atoms with E-state index in [1.54, 1.807) is 13.0 Å². The molecule has 0 aliphatic carbocycles. The third kappa shape index (κ3) is 3.32. The highest BCUT2D eigenvalue weighted by molar-refractivity contribution is 6.03. The number of aromatic nitrogens is 2. The Morgan fingerprint density at radius 3 is 2.71 bits per heavy atom. The summed E-state index contributed by atoms with van der Waals surface area (Å²) in [6.07, 6.45) is -1.65. The highest BCUT2D eigenvalue weighted by Crippen LogP contribution is 2.30. The van der Waals surface area contributed by atoms with Crippen LogP contribution in [0.3, 0.4) is 0 Å². The first-order chi connectivity index (χ1) is 11.3. The molecule has 1 amide bonds. The molecule has 0 unspecified atom stereocenters. The number of anilines is 1. The molecule has 8 heteroatoms. The number of halogens is 3. The van der Waals surface area contributed by atoms with Gasteiger partial charge in [-0.05, 0) is 31.2 Å². The molecular weight excluding hydrogens is 323 g/mol. The zero-order valence-corrected chi connectivity index (χ0v) is 12.5. The summed E-state index contributed by atoms with van der Waals surface area (Å²) in [6.45, 7) is 1.71. The lowest BCUT2D eigenvalue weighted by Gasteiger charge is -2.08. The first-order valence-electron chi connectivity index (χ1n) is 6.93. The van der Waals surface area contributed by atoms with Gasteiger partial charge in [-0.3, -0.25) is 4.79 Å². The monoisotopic (exact) mass is 335 g/mol. The van der Waals surface area contributed by atoms with Gasteiger partial charge in [-0.25, -0.2) is 4.68 Å². The fraction of sp³-hybridized carbons (Fsp3) is 0.125. The maximum Gasteiger partial charge on any atom is 0.416 e. The van der Waals surface area contributed by atoms with E-state index in [4.69, 9.17) is 4.42 Å². The van der Waals surface area contributed by atoms with Crippen LogP contribution in [0.1, 0.15) is 21.7 Å². The Morgan fingerprint density at radius 1 is 1.25 bits per heavy atom. The fourth-order valence-electron chi connectivity index (χ4n) is 2.11. The molecule has 0 fully saturated rings. The Morgan fingerprint density at radius 2 is 2.04 bits per heavy atom. The predicted octanol–water partition coefficient (Wildman–Crippen LogP) is 4.04. The Labute approximate surface area is 134 Å². The second kappa shape index (κ2) is 5.88. The molecule has 1 aromatic carbocycles. The number of amides is 1. The van der Waals surface area contributed by atoms with E-state index in [0.717, 1.165) is 12.1 Å². The van der Waals surface area contributed by atoms with Crippen molar-refractivity contribution in [2.24, 2.45) is 0 Å². The number of nitrogens with one attached hydrogen (secondary N) is 1. The molecule has 0 aliphatic rings. The Kier molecular flexibility index (Phi) is 3.88. The second-order valence-corrected chi connectivity index (χ2v) is 5.09. The number of alkyl halides is 3. The molecule has 124 valence electrons. The van der Waals surface area contributed by atoms with E-state index in [1.165, 1.54) is 35.3 Å². The van der Waals surface area contributed by atoms with Gasteiger partial charge >= 0.3 is 6.18 Å². The van der Waals surface area contributed by atoms with Crippen LogP contribution >= 0.6 is 0 Å². The quantitative estimate of drug-likeness (QED) is 0.786.